The van der Waals surface area contributed by atoms with Crippen molar-refractivity contribution in [2.24, 2.45) is 0 Å². The van der Waals surface area contributed by atoms with E-state index >= 15 is 0 Å². The van der Waals surface area contributed by atoms with Gasteiger partial charge in [0, 0.05) is 0 Å². The fourth-order valence-corrected chi connectivity index (χ4v) is 2.88. The Kier molecular flexibility index (Phi) is 6.34. The van der Waals surface area contributed by atoms with Gasteiger partial charge in [-0.2, -0.15) is 0 Å². The van der Waals surface area contributed by atoms with Crippen molar-refractivity contribution in [1.29, 1.82) is 0 Å². The molecule has 1 amide bonds. The van der Waals surface area contributed by atoms with E-state index in [4.69, 9.17) is 4.74 Å². The summed E-state index contributed by atoms with van der Waals surface area (Å²) in [7, 11) is 0. The smallest absolute Gasteiger partial charge is 0.344 e. The van der Waals surface area contributed by atoms with Crippen LogP contribution in [0.15, 0.2) is 78.9 Å². The minimum Gasteiger partial charge on any atom is -0.449 e. The molecular weight excluding hydrogens is 376 g/mol. The second-order valence-electron chi connectivity index (χ2n) is 6.41. The number of hydrogen-bond acceptors (Lipinski definition) is 3. The average Bonchev–Trinajstić information content (AvgIpc) is 2.73. The molecule has 0 unspecified atom stereocenters. The molecule has 3 aromatic carbocycles. The molecule has 0 aliphatic rings. The van der Waals surface area contributed by atoms with Crippen LogP contribution in [0.4, 0.5) is 8.78 Å². The van der Waals surface area contributed by atoms with Crippen LogP contribution in [0.1, 0.15) is 34.5 Å². The van der Waals surface area contributed by atoms with E-state index in [-0.39, 0.29) is 0 Å². The monoisotopic (exact) mass is 395 g/mol. The maximum atomic E-state index is 13.8. The summed E-state index contributed by atoms with van der Waals surface area (Å²) in [4.78, 5) is 24.8. The minimum atomic E-state index is -1.25. The van der Waals surface area contributed by atoms with Crippen LogP contribution in [-0.4, -0.2) is 18.0 Å². The molecule has 148 valence electrons. The van der Waals surface area contributed by atoms with Gasteiger partial charge in [-0.15, -0.1) is 0 Å². The van der Waals surface area contributed by atoms with Gasteiger partial charge < -0.3 is 10.1 Å². The Morgan fingerprint density at radius 3 is 1.76 bits per heavy atom. The quantitative estimate of drug-likeness (QED) is 0.629. The minimum absolute atomic E-state index is 0.476. The predicted octanol–water partition coefficient (Wildman–Crippen LogP) is 4.42. The van der Waals surface area contributed by atoms with Gasteiger partial charge in [-0.1, -0.05) is 66.7 Å². The predicted molar refractivity (Wildman–Crippen MR) is 104 cm³/mol. The van der Waals surface area contributed by atoms with Crippen LogP contribution in [0.5, 0.6) is 0 Å². The van der Waals surface area contributed by atoms with Gasteiger partial charge in [0.25, 0.3) is 5.91 Å². The summed E-state index contributed by atoms with van der Waals surface area (Å²) in [5.41, 5.74) is 0.853. The molecule has 0 heterocycles. The highest BCUT2D eigenvalue weighted by atomic mass is 19.1. The number of halogens is 2. The number of benzene rings is 3. The first-order valence-corrected chi connectivity index (χ1v) is 9.02. The Bertz CT molecular complexity index is 934. The van der Waals surface area contributed by atoms with E-state index in [0.29, 0.717) is 0 Å². The van der Waals surface area contributed by atoms with E-state index in [1.54, 1.807) is 0 Å². The lowest BCUT2D eigenvalue weighted by Crippen LogP contribution is -2.38. The highest BCUT2D eigenvalue weighted by Crippen LogP contribution is 2.22. The number of esters is 1. The molecule has 29 heavy (non-hydrogen) atoms. The van der Waals surface area contributed by atoms with Crippen molar-refractivity contribution in [1.82, 2.24) is 5.32 Å². The maximum Gasteiger partial charge on any atom is 0.344 e. The van der Waals surface area contributed by atoms with Crippen molar-refractivity contribution in [2.45, 2.75) is 19.1 Å². The first-order valence-electron chi connectivity index (χ1n) is 9.02. The molecule has 0 bridgehead atoms. The first-order chi connectivity index (χ1) is 14.0. The van der Waals surface area contributed by atoms with Crippen LogP contribution >= 0.6 is 0 Å². The van der Waals surface area contributed by atoms with Crippen LogP contribution in [0.2, 0.25) is 0 Å². The number of ether oxygens (including phenoxy) is 1. The Morgan fingerprint density at radius 2 is 1.28 bits per heavy atom. The van der Waals surface area contributed by atoms with Gasteiger partial charge in [0.1, 0.15) is 17.2 Å². The van der Waals surface area contributed by atoms with Crippen molar-refractivity contribution in [3.63, 3.8) is 0 Å². The summed E-state index contributed by atoms with van der Waals surface area (Å²) < 4.78 is 32.5. The maximum absolute atomic E-state index is 13.8. The number of nitrogens with one attached hydrogen (secondary N) is 1. The lowest BCUT2D eigenvalue weighted by atomic mass is 9.98. The molecule has 0 saturated heterocycles. The Hall–Kier alpha value is -3.54. The average molecular weight is 395 g/mol. The van der Waals surface area contributed by atoms with E-state index in [2.05, 4.69) is 5.32 Å². The van der Waals surface area contributed by atoms with Crippen LogP contribution < -0.4 is 5.32 Å². The van der Waals surface area contributed by atoms with Gasteiger partial charge in [0.15, 0.2) is 6.10 Å². The SMILES string of the molecule is C[C@H](OC(=O)c1c(F)cccc1F)C(=O)NC(c1ccccc1)c1ccccc1. The molecule has 0 spiro atoms. The largest absolute Gasteiger partial charge is 0.449 e. The van der Waals surface area contributed by atoms with Gasteiger partial charge in [-0.25, -0.2) is 13.6 Å². The van der Waals surface area contributed by atoms with Crippen LogP contribution in [0.3, 0.4) is 0 Å². The fourth-order valence-electron chi connectivity index (χ4n) is 2.88. The van der Waals surface area contributed by atoms with Crippen molar-refractivity contribution in [3.8, 4) is 0 Å². The summed E-state index contributed by atoms with van der Waals surface area (Å²) in [6.07, 6.45) is -1.25. The second-order valence-corrected chi connectivity index (χ2v) is 6.41. The molecule has 0 aliphatic heterocycles. The van der Waals surface area contributed by atoms with Gasteiger partial charge >= 0.3 is 5.97 Å². The third-order valence-corrected chi connectivity index (χ3v) is 4.37. The number of carbonyl (C=O) groups excluding carboxylic acids is 2. The molecule has 3 aromatic rings. The summed E-state index contributed by atoms with van der Waals surface area (Å²) in [6, 6.07) is 21.1. The van der Waals surface area contributed by atoms with Crippen molar-refractivity contribution in [2.75, 3.05) is 0 Å². The van der Waals surface area contributed by atoms with E-state index < -0.39 is 41.2 Å². The molecule has 1 N–H and O–H groups in total. The molecule has 6 heteroatoms. The lowest BCUT2D eigenvalue weighted by Gasteiger charge is -2.22. The number of rotatable bonds is 6. The summed E-state index contributed by atoms with van der Waals surface area (Å²) >= 11 is 0. The van der Waals surface area contributed by atoms with E-state index in [9.17, 15) is 18.4 Å². The number of hydrogen-bond donors (Lipinski definition) is 1. The Balaban J connectivity index is 1.77. The van der Waals surface area contributed by atoms with E-state index in [0.717, 1.165) is 29.3 Å². The Morgan fingerprint density at radius 1 is 0.793 bits per heavy atom. The van der Waals surface area contributed by atoms with E-state index in [1.807, 2.05) is 60.7 Å². The normalized spacial score (nSPS) is 11.7. The topological polar surface area (TPSA) is 55.4 Å². The van der Waals surface area contributed by atoms with Gasteiger partial charge in [0.05, 0.1) is 6.04 Å². The third-order valence-electron chi connectivity index (χ3n) is 4.37. The zero-order valence-corrected chi connectivity index (χ0v) is 15.6. The lowest BCUT2D eigenvalue weighted by molar-refractivity contribution is -0.129. The van der Waals surface area contributed by atoms with Crippen molar-refractivity contribution in [3.05, 3.63) is 107 Å². The van der Waals surface area contributed by atoms with Gasteiger partial charge in [0.2, 0.25) is 0 Å². The van der Waals surface area contributed by atoms with E-state index in [1.165, 1.54) is 6.92 Å². The summed E-state index contributed by atoms with van der Waals surface area (Å²) in [6.45, 7) is 1.35. The third kappa shape index (κ3) is 4.85. The summed E-state index contributed by atoms with van der Waals surface area (Å²) in [5.74, 6) is -3.92. The van der Waals surface area contributed by atoms with Gasteiger partial charge in [-0.05, 0) is 30.2 Å². The van der Waals surface area contributed by atoms with Crippen LogP contribution in [0, 0.1) is 11.6 Å². The number of amides is 1. The molecule has 0 radical (unpaired) electrons. The number of carbonyl (C=O) groups is 2. The van der Waals surface area contributed by atoms with Crippen LogP contribution in [-0.2, 0) is 9.53 Å². The van der Waals surface area contributed by atoms with Crippen molar-refractivity contribution < 1.29 is 23.1 Å². The van der Waals surface area contributed by atoms with Crippen molar-refractivity contribution >= 4 is 11.9 Å². The zero-order chi connectivity index (χ0) is 20.8. The molecule has 3 rings (SSSR count). The highest BCUT2D eigenvalue weighted by molar-refractivity contribution is 5.92. The molecular formula is C23H19F2NO3. The first kappa shape index (κ1) is 20.2. The van der Waals surface area contributed by atoms with Gasteiger partial charge in [-0.3, -0.25) is 4.79 Å². The van der Waals surface area contributed by atoms with Crippen LogP contribution in [0.25, 0.3) is 0 Å². The standard InChI is InChI=1S/C23H19F2NO3/c1-15(29-23(28)20-18(24)13-8-14-19(20)25)22(27)26-21(16-9-4-2-5-10-16)17-11-6-3-7-12-17/h2-15,21H,1H3,(H,26,27)/t15-/m0/s1. The second kappa shape index (κ2) is 9.10. The Labute approximate surface area is 167 Å². The molecule has 1 atom stereocenters. The summed E-state index contributed by atoms with van der Waals surface area (Å²) in [5, 5.41) is 2.83. The highest BCUT2D eigenvalue weighted by Gasteiger charge is 2.26. The molecule has 0 saturated carbocycles. The molecule has 4 nitrogen and oxygen atoms in total. The molecule has 0 fully saturated rings. The fraction of sp³-hybridized carbons (Fsp3) is 0.130. The molecule has 0 aliphatic carbocycles. The molecule has 0 aromatic heterocycles. The zero-order valence-electron chi connectivity index (χ0n) is 15.6.